The van der Waals surface area contributed by atoms with Gasteiger partial charge >= 0.3 is 0 Å². The maximum atomic E-state index is 12.4. The average molecular weight is 235 g/mol. The lowest BCUT2D eigenvalue weighted by Crippen LogP contribution is -2.45. The van der Waals surface area contributed by atoms with E-state index in [0.717, 1.165) is 31.5 Å². The van der Waals surface area contributed by atoms with E-state index in [9.17, 15) is 4.79 Å². The van der Waals surface area contributed by atoms with Gasteiger partial charge in [-0.15, -0.1) is 0 Å². The van der Waals surface area contributed by atoms with Crippen molar-refractivity contribution in [1.82, 2.24) is 9.47 Å². The molecule has 1 fully saturated rings. The van der Waals surface area contributed by atoms with E-state index >= 15 is 0 Å². The average Bonchev–Trinajstić information content (AvgIpc) is 2.76. The number of piperidine rings is 1. The number of carbonyl (C=O) groups is 1. The van der Waals surface area contributed by atoms with Crippen molar-refractivity contribution >= 4 is 5.91 Å². The van der Waals surface area contributed by atoms with Gasteiger partial charge in [-0.25, -0.2) is 0 Å². The van der Waals surface area contributed by atoms with Crippen LogP contribution >= 0.6 is 0 Å². The standard InChI is InChI=1S/C13H21N3O/c1-15-9-4-6-12(15)13(17)16-10-3-2-5-11(16)7-8-14/h4,6,9,11H,2-3,5,7-8,10,14H2,1H3. The van der Waals surface area contributed by atoms with Crippen LogP contribution in [0.5, 0.6) is 0 Å². The molecule has 2 N–H and O–H groups in total. The van der Waals surface area contributed by atoms with E-state index in [1.165, 1.54) is 6.42 Å². The lowest BCUT2D eigenvalue weighted by molar-refractivity contribution is 0.0595. The molecular formula is C13H21N3O. The molecule has 17 heavy (non-hydrogen) atoms. The predicted molar refractivity (Wildman–Crippen MR) is 67.8 cm³/mol. The molecule has 0 spiro atoms. The number of hydrogen-bond donors (Lipinski definition) is 1. The molecule has 1 aromatic rings. The lowest BCUT2D eigenvalue weighted by atomic mass is 9.99. The van der Waals surface area contributed by atoms with Gasteiger partial charge in [0.05, 0.1) is 0 Å². The summed E-state index contributed by atoms with van der Waals surface area (Å²) in [6, 6.07) is 4.13. The van der Waals surface area contributed by atoms with E-state index < -0.39 is 0 Å². The molecule has 2 heterocycles. The first-order valence-corrected chi connectivity index (χ1v) is 6.36. The summed E-state index contributed by atoms with van der Waals surface area (Å²) in [5.74, 6) is 0.149. The third-order valence-corrected chi connectivity index (χ3v) is 3.55. The molecule has 1 aromatic heterocycles. The van der Waals surface area contributed by atoms with Crippen LogP contribution in [0.15, 0.2) is 18.3 Å². The maximum Gasteiger partial charge on any atom is 0.270 e. The Morgan fingerprint density at radius 1 is 1.53 bits per heavy atom. The molecule has 4 nitrogen and oxygen atoms in total. The summed E-state index contributed by atoms with van der Waals surface area (Å²) < 4.78 is 1.89. The van der Waals surface area contributed by atoms with E-state index in [0.29, 0.717) is 12.6 Å². The largest absolute Gasteiger partial charge is 0.347 e. The Balaban J connectivity index is 2.14. The van der Waals surface area contributed by atoms with Crippen LogP contribution in [0.2, 0.25) is 0 Å². The molecule has 1 unspecified atom stereocenters. The van der Waals surface area contributed by atoms with Gasteiger partial charge in [-0.1, -0.05) is 0 Å². The van der Waals surface area contributed by atoms with Crippen LogP contribution in [0.25, 0.3) is 0 Å². The summed E-state index contributed by atoms with van der Waals surface area (Å²) in [5, 5.41) is 0. The molecule has 0 radical (unpaired) electrons. The molecular weight excluding hydrogens is 214 g/mol. The maximum absolute atomic E-state index is 12.4. The van der Waals surface area contributed by atoms with Gasteiger partial charge in [0.1, 0.15) is 5.69 Å². The van der Waals surface area contributed by atoms with Crippen LogP contribution in [0.4, 0.5) is 0 Å². The molecule has 2 rings (SSSR count). The van der Waals surface area contributed by atoms with Crippen molar-refractivity contribution in [3.63, 3.8) is 0 Å². The van der Waals surface area contributed by atoms with Gasteiger partial charge in [0, 0.05) is 25.8 Å². The third-order valence-electron chi connectivity index (χ3n) is 3.55. The summed E-state index contributed by atoms with van der Waals surface area (Å²) >= 11 is 0. The Hall–Kier alpha value is -1.29. The Labute approximate surface area is 102 Å². The van der Waals surface area contributed by atoms with E-state index in [2.05, 4.69) is 0 Å². The van der Waals surface area contributed by atoms with Gasteiger partial charge in [-0.3, -0.25) is 4.79 Å². The molecule has 1 amide bonds. The van der Waals surface area contributed by atoms with Crippen LogP contribution < -0.4 is 5.73 Å². The van der Waals surface area contributed by atoms with Crippen LogP contribution in [0, 0.1) is 0 Å². The highest BCUT2D eigenvalue weighted by atomic mass is 16.2. The Morgan fingerprint density at radius 2 is 2.35 bits per heavy atom. The minimum atomic E-state index is 0.149. The number of aryl methyl sites for hydroxylation is 1. The van der Waals surface area contributed by atoms with E-state index in [-0.39, 0.29) is 5.91 Å². The highest BCUT2D eigenvalue weighted by molar-refractivity contribution is 5.93. The third kappa shape index (κ3) is 2.52. The van der Waals surface area contributed by atoms with Crippen LogP contribution in [-0.2, 0) is 7.05 Å². The molecule has 94 valence electrons. The first-order chi connectivity index (χ1) is 8.24. The second-order valence-electron chi connectivity index (χ2n) is 4.73. The second kappa shape index (κ2) is 5.36. The number of likely N-dealkylation sites (tertiary alicyclic amines) is 1. The van der Waals surface area contributed by atoms with Gasteiger partial charge in [0.2, 0.25) is 0 Å². The number of hydrogen-bond acceptors (Lipinski definition) is 2. The number of aromatic nitrogens is 1. The van der Waals surface area contributed by atoms with Crippen molar-refractivity contribution < 1.29 is 4.79 Å². The fourth-order valence-electron chi connectivity index (χ4n) is 2.59. The van der Waals surface area contributed by atoms with Gasteiger partial charge in [-0.05, 0) is 44.4 Å². The van der Waals surface area contributed by atoms with Crippen molar-refractivity contribution in [3.8, 4) is 0 Å². The van der Waals surface area contributed by atoms with Crippen molar-refractivity contribution in [2.75, 3.05) is 13.1 Å². The quantitative estimate of drug-likeness (QED) is 0.860. The molecule has 4 heteroatoms. The summed E-state index contributed by atoms with van der Waals surface area (Å²) in [7, 11) is 1.91. The number of carbonyl (C=O) groups excluding carboxylic acids is 1. The molecule has 0 aromatic carbocycles. The molecule has 0 bridgehead atoms. The summed E-state index contributed by atoms with van der Waals surface area (Å²) in [6.45, 7) is 1.52. The zero-order valence-corrected chi connectivity index (χ0v) is 10.4. The zero-order chi connectivity index (χ0) is 12.3. The normalized spacial score (nSPS) is 20.6. The number of nitrogens with zero attached hydrogens (tertiary/aromatic N) is 2. The van der Waals surface area contributed by atoms with Crippen molar-refractivity contribution in [2.24, 2.45) is 12.8 Å². The number of amides is 1. The number of nitrogens with two attached hydrogens (primary N) is 1. The SMILES string of the molecule is Cn1cccc1C(=O)N1CCCCC1CCN. The van der Waals surface area contributed by atoms with Crippen molar-refractivity contribution in [2.45, 2.75) is 31.7 Å². The second-order valence-corrected chi connectivity index (χ2v) is 4.73. The summed E-state index contributed by atoms with van der Waals surface area (Å²) in [5.41, 5.74) is 6.40. The van der Waals surface area contributed by atoms with Crippen LogP contribution in [0.1, 0.15) is 36.2 Å². The minimum Gasteiger partial charge on any atom is -0.347 e. The van der Waals surface area contributed by atoms with E-state index in [1.807, 2.05) is 34.8 Å². The summed E-state index contributed by atoms with van der Waals surface area (Å²) in [6.07, 6.45) is 6.23. The molecule has 1 atom stereocenters. The fourth-order valence-corrected chi connectivity index (χ4v) is 2.59. The Kier molecular flexibility index (Phi) is 3.84. The smallest absolute Gasteiger partial charge is 0.270 e. The molecule has 1 aliphatic rings. The molecule has 0 aliphatic carbocycles. The van der Waals surface area contributed by atoms with Gasteiger partial charge < -0.3 is 15.2 Å². The van der Waals surface area contributed by atoms with E-state index in [4.69, 9.17) is 5.73 Å². The molecule has 1 aliphatic heterocycles. The topological polar surface area (TPSA) is 51.3 Å². The van der Waals surface area contributed by atoms with Crippen molar-refractivity contribution in [3.05, 3.63) is 24.0 Å². The highest BCUT2D eigenvalue weighted by Gasteiger charge is 2.27. The lowest BCUT2D eigenvalue weighted by Gasteiger charge is -2.35. The first-order valence-electron chi connectivity index (χ1n) is 6.36. The molecule has 1 saturated heterocycles. The minimum absolute atomic E-state index is 0.149. The van der Waals surface area contributed by atoms with Gasteiger partial charge in [-0.2, -0.15) is 0 Å². The van der Waals surface area contributed by atoms with Gasteiger partial charge in [0.25, 0.3) is 5.91 Å². The monoisotopic (exact) mass is 235 g/mol. The zero-order valence-electron chi connectivity index (χ0n) is 10.4. The highest BCUT2D eigenvalue weighted by Crippen LogP contribution is 2.21. The van der Waals surface area contributed by atoms with Crippen molar-refractivity contribution in [1.29, 1.82) is 0 Å². The summed E-state index contributed by atoms with van der Waals surface area (Å²) in [4.78, 5) is 14.4. The number of rotatable bonds is 3. The Bertz CT molecular complexity index is 384. The molecule has 0 saturated carbocycles. The van der Waals surface area contributed by atoms with Crippen LogP contribution in [0.3, 0.4) is 0 Å². The fraction of sp³-hybridized carbons (Fsp3) is 0.615. The van der Waals surface area contributed by atoms with Gasteiger partial charge in [0.15, 0.2) is 0 Å². The predicted octanol–water partition coefficient (Wildman–Crippen LogP) is 1.37. The first kappa shape index (κ1) is 12.2. The van der Waals surface area contributed by atoms with Crippen LogP contribution in [-0.4, -0.2) is 34.5 Å². The Morgan fingerprint density at radius 3 is 3.00 bits per heavy atom. The van der Waals surface area contributed by atoms with E-state index in [1.54, 1.807) is 0 Å².